The van der Waals surface area contributed by atoms with Crippen molar-refractivity contribution in [3.05, 3.63) is 270 Å². The first-order valence-corrected chi connectivity index (χ1v) is 22.8. The highest BCUT2D eigenvalue weighted by Gasteiger charge is 2.46. The van der Waals surface area contributed by atoms with Gasteiger partial charge in [-0.25, -0.2) is 0 Å². The first-order chi connectivity index (χ1) is 31.7. The second-order valence-electron chi connectivity index (χ2n) is 17.5. The van der Waals surface area contributed by atoms with E-state index in [1.54, 1.807) is 0 Å². The smallest absolute Gasteiger partial charge is 0.0714 e. The van der Waals surface area contributed by atoms with Gasteiger partial charge in [-0.15, -0.1) is 0 Å². The molecule has 1 nitrogen and oxygen atoms in total. The number of rotatable bonds is 8. The second kappa shape index (κ2) is 15.9. The summed E-state index contributed by atoms with van der Waals surface area (Å²) in [5.74, 6) is 0. The molecule has 0 N–H and O–H groups in total. The van der Waals surface area contributed by atoms with Crippen LogP contribution in [0.15, 0.2) is 237 Å². The van der Waals surface area contributed by atoms with Crippen molar-refractivity contribution in [3.8, 4) is 44.5 Å². The van der Waals surface area contributed by atoms with Gasteiger partial charge in [-0.2, -0.15) is 0 Å². The number of fused-ring (bicyclic) bond motifs is 5. The maximum Gasteiger partial charge on any atom is 0.0714 e. The quantitative estimate of drug-likeness (QED) is 0.148. The molecule has 1 heteroatoms. The fourth-order valence-corrected chi connectivity index (χ4v) is 10.9. The van der Waals surface area contributed by atoms with Gasteiger partial charge in [0.2, 0.25) is 0 Å². The van der Waals surface area contributed by atoms with Gasteiger partial charge in [-0.1, -0.05) is 200 Å². The van der Waals surface area contributed by atoms with Crippen LogP contribution in [0.4, 0.5) is 17.1 Å². The average molecular weight is 818 g/mol. The number of para-hydroxylation sites is 1. The number of anilines is 3. The van der Waals surface area contributed by atoms with E-state index < -0.39 is 5.41 Å². The zero-order valence-corrected chi connectivity index (χ0v) is 35.8. The topological polar surface area (TPSA) is 3.24 Å². The van der Waals surface area contributed by atoms with Crippen molar-refractivity contribution in [3.63, 3.8) is 0 Å². The molecule has 10 aromatic rings. The monoisotopic (exact) mass is 817 g/mol. The van der Waals surface area contributed by atoms with E-state index >= 15 is 0 Å². The molecule has 0 heterocycles. The van der Waals surface area contributed by atoms with Gasteiger partial charge in [0.1, 0.15) is 0 Å². The summed E-state index contributed by atoms with van der Waals surface area (Å²) in [6, 6.07) is 88.2. The van der Waals surface area contributed by atoms with E-state index in [9.17, 15) is 0 Å². The minimum atomic E-state index is -0.543. The summed E-state index contributed by atoms with van der Waals surface area (Å²) in [7, 11) is 0. The van der Waals surface area contributed by atoms with E-state index in [4.69, 9.17) is 0 Å². The first kappa shape index (κ1) is 38.0. The predicted molar refractivity (Wildman–Crippen MR) is 269 cm³/mol. The Hall–Kier alpha value is -7.74. The molecular weight excluding hydrogens is 771 g/mol. The minimum absolute atomic E-state index is 0.543. The van der Waals surface area contributed by atoms with Crippen LogP contribution in [0.3, 0.4) is 0 Å². The molecule has 0 aromatic heterocycles. The molecule has 0 atom stereocenters. The van der Waals surface area contributed by atoms with E-state index in [0.717, 1.165) is 17.1 Å². The zero-order valence-electron chi connectivity index (χ0n) is 35.8. The lowest BCUT2D eigenvalue weighted by Gasteiger charge is -2.35. The number of benzene rings is 10. The van der Waals surface area contributed by atoms with E-state index in [-0.39, 0.29) is 0 Å². The first-order valence-electron chi connectivity index (χ1n) is 22.8. The van der Waals surface area contributed by atoms with E-state index in [2.05, 4.69) is 241 Å². The van der Waals surface area contributed by atoms with Gasteiger partial charge in [0, 0.05) is 16.9 Å². The molecule has 0 saturated heterocycles. The molecule has 64 heavy (non-hydrogen) atoms. The van der Waals surface area contributed by atoms with Crippen molar-refractivity contribution in [1.82, 2.24) is 0 Å². The SMILES string of the molecule is c1ccc(N(c2ccc(-c3cccc4ccccc34)cc2)c2cc3c(cc2-c2ccc(-c4ccc5c(c4)CCCC5)cc2)-c2ccccc2C3(c2ccccc2)c2ccccc2)cc1. The second-order valence-corrected chi connectivity index (χ2v) is 17.5. The van der Waals surface area contributed by atoms with Crippen LogP contribution in [0.25, 0.3) is 55.3 Å². The predicted octanol–water partition coefficient (Wildman–Crippen LogP) is 16.6. The summed E-state index contributed by atoms with van der Waals surface area (Å²) >= 11 is 0. The third-order valence-electron chi connectivity index (χ3n) is 13.9. The van der Waals surface area contributed by atoms with Gasteiger partial charge in [-0.3, -0.25) is 0 Å². The minimum Gasteiger partial charge on any atom is -0.310 e. The maximum atomic E-state index is 2.52. The molecule has 0 fully saturated rings. The number of hydrogen-bond acceptors (Lipinski definition) is 1. The van der Waals surface area contributed by atoms with Gasteiger partial charge in [-0.05, 0) is 145 Å². The standard InChI is InChI=1S/C63H47N/c1-4-21-51(22-5-1)63(52-23-6-2-7-24-52)60-30-15-14-28-57(60)59-42-58(48-34-31-45(32-35-48)50-36-33-44-17-10-11-19-49(44)41-50)62(43-61(59)63)64(53-25-8-3-9-26-53)54-39-37-47(38-40-54)56-29-16-20-46-18-12-13-27-55(46)56/h1-9,12-16,18,20-43H,10-11,17,19H2. The molecule has 0 spiro atoms. The summed E-state index contributed by atoms with van der Waals surface area (Å²) in [6.07, 6.45) is 4.94. The van der Waals surface area contributed by atoms with E-state index in [0.29, 0.717) is 0 Å². The highest BCUT2D eigenvalue weighted by molar-refractivity contribution is 5.99. The van der Waals surface area contributed by atoms with Crippen molar-refractivity contribution in [1.29, 1.82) is 0 Å². The third kappa shape index (κ3) is 6.30. The van der Waals surface area contributed by atoms with Crippen LogP contribution in [-0.4, -0.2) is 0 Å². The summed E-state index contributed by atoms with van der Waals surface area (Å²) in [5, 5.41) is 2.51. The third-order valence-corrected chi connectivity index (χ3v) is 13.9. The van der Waals surface area contributed by atoms with Gasteiger partial charge in [0.15, 0.2) is 0 Å². The zero-order chi connectivity index (χ0) is 42.5. The molecule has 12 rings (SSSR count). The lowest BCUT2D eigenvalue weighted by molar-refractivity contribution is 0.686. The molecule has 0 bridgehead atoms. The van der Waals surface area contributed by atoms with Crippen LogP contribution in [0.2, 0.25) is 0 Å². The van der Waals surface area contributed by atoms with Crippen LogP contribution in [0.1, 0.15) is 46.2 Å². The molecule has 2 aliphatic rings. The highest BCUT2D eigenvalue weighted by Crippen LogP contribution is 2.59. The molecule has 0 saturated carbocycles. The molecule has 0 amide bonds. The fraction of sp³-hybridized carbons (Fsp3) is 0.0794. The molecule has 0 radical (unpaired) electrons. The average Bonchev–Trinajstić information content (AvgIpc) is 3.67. The number of hydrogen-bond donors (Lipinski definition) is 0. The Bertz CT molecular complexity index is 3250. The van der Waals surface area contributed by atoms with Crippen LogP contribution in [0, 0.1) is 0 Å². The molecule has 2 aliphatic carbocycles. The van der Waals surface area contributed by atoms with Gasteiger partial charge in [0.05, 0.1) is 11.1 Å². The number of aryl methyl sites for hydroxylation is 2. The van der Waals surface area contributed by atoms with Crippen LogP contribution in [0.5, 0.6) is 0 Å². The molecule has 0 aliphatic heterocycles. The van der Waals surface area contributed by atoms with Gasteiger partial charge < -0.3 is 4.90 Å². The number of nitrogens with zero attached hydrogens (tertiary/aromatic N) is 1. The van der Waals surface area contributed by atoms with E-state index in [1.807, 2.05) is 0 Å². The van der Waals surface area contributed by atoms with Gasteiger partial charge >= 0.3 is 0 Å². The van der Waals surface area contributed by atoms with Crippen molar-refractivity contribution in [2.75, 3.05) is 4.90 Å². The van der Waals surface area contributed by atoms with Gasteiger partial charge in [0.25, 0.3) is 0 Å². The van der Waals surface area contributed by atoms with Crippen molar-refractivity contribution in [2.24, 2.45) is 0 Å². The van der Waals surface area contributed by atoms with Crippen LogP contribution >= 0.6 is 0 Å². The van der Waals surface area contributed by atoms with Crippen molar-refractivity contribution >= 4 is 27.8 Å². The summed E-state index contributed by atoms with van der Waals surface area (Å²) in [6.45, 7) is 0. The Balaban J connectivity index is 1.10. The Kier molecular flexibility index (Phi) is 9.42. The molecule has 304 valence electrons. The summed E-state index contributed by atoms with van der Waals surface area (Å²) in [5.41, 5.74) is 20.8. The Morgan fingerprint density at radius 2 is 0.875 bits per heavy atom. The van der Waals surface area contributed by atoms with Crippen LogP contribution in [-0.2, 0) is 18.3 Å². The van der Waals surface area contributed by atoms with Crippen LogP contribution < -0.4 is 4.90 Å². The summed E-state index contributed by atoms with van der Waals surface area (Å²) in [4.78, 5) is 2.48. The Morgan fingerprint density at radius 1 is 0.328 bits per heavy atom. The lowest BCUT2D eigenvalue weighted by Crippen LogP contribution is -2.28. The molecular formula is C63H47N. The highest BCUT2D eigenvalue weighted by atomic mass is 15.1. The maximum absolute atomic E-state index is 2.52. The largest absolute Gasteiger partial charge is 0.310 e. The Labute approximate surface area is 376 Å². The molecule has 10 aromatic carbocycles. The van der Waals surface area contributed by atoms with Crippen molar-refractivity contribution in [2.45, 2.75) is 31.1 Å². The molecule has 0 unspecified atom stereocenters. The van der Waals surface area contributed by atoms with E-state index in [1.165, 1.54) is 114 Å². The Morgan fingerprint density at radius 3 is 1.62 bits per heavy atom. The van der Waals surface area contributed by atoms with Crippen molar-refractivity contribution < 1.29 is 0 Å². The lowest BCUT2D eigenvalue weighted by atomic mass is 9.67. The summed E-state index contributed by atoms with van der Waals surface area (Å²) < 4.78 is 0. The normalized spacial score (nSPS) is 13.5. The fourth-order valence-electron chi connectivity index (χ4n) is 10.9.